The molecule has 3 aromatic carbocycles. The molecule has 0 nitrogen and oxygen atoms in total. The van der Waals surface area contributed by atoms with E-state index in [0.29, 0.717) is 5.92 Å². The topological polar surface area (TPSA) is 0 Å². The molecule has 20 heavy (non-hydrogen) atoms. The molecule has 1 heteroatoms. The molecule has 0 aliphatic rings. The van der Waals surface area contributed by atoms with E-state index in [2.05, 4.69) is 91.0 Å². The molecule has 0 N–H and O–H groups in total. The van der Waals surface area contributed by atoms with Gasteiger partial charge in [0.1, 0.15) is 0 Å². The van der Waals surface area contributed by atoms with Crippen molar-refractivity contribution >= 4 is 0 Å². The number of hydrogen-bond acceptors (Lipinski definition) is 0. The molecule has 0 unspecified atom stereocenters. The van der Waals surface area contributed by atoms with E-state index in [9.17, 15) is 0 Å². The average molecular weight is 300 g/mol. The molecule has 0 radical (unpaired) electrons. The molecule has 0 heterocycles. The van der Waals surface area contributed by atoms with Crippen LogP contribution in [-0.4, -0.2) is 0 Å². The van der Waals surface area contributed by atoms with Gasteiger partial charge in [0.05, 0.1) is 0 Å². The van der Waals surface area contributed by atoms with Crippen LogP contribution >= 0.6 is 0 Å². The van der Waals surface area contributed by atoms with Gasteiger partial charge >= 0.3 is 0 Å². The van der Waals surface area contributed by atoms with Gasteiger partial charge in [0.15, 0.2) is 0 Å². The van der Waals surface area contributed by atoms with Gasteiger partial charge in [-0.15, -0.1) is 0 Å². The number of rotatable bonds is 3. The summed E-state index contributed by atoms with van der Waals surface area (Å²) >= 11 is 0. The maximum absolute atomic E-state index is 2.20. The first kappa shape index (κ1) is 14.6. The Morgan fingerprint density at radius 2 is 0.650 bits per heavy atom. The Balaban J connectivity index is 0.00000147. The Labute approximate surface area is 131 Å². The molecule has 0 fully saturated rings. The Bertz CT molecular complexity index is 524. The Morgan fingerprint density at radius 3 is 0.900 bits per heavy atom. The molecule has 100 valence electrons. The zero-order valence-corrected chi connectivity index (χ0v) is 12.2. The van der Waals surface area contributed by atoms with Crippen molar-refractivity contribution in [2.24, 2.45) is 0 Å². The molecule has 0 aliphatic carbocycles. The fraction of sp³-hybridized carbons (Fsp3) is 0.0526. The first-order chi connectivity index (χ1) is 9.45. The van der Waals surface area contributed by atoms with Crippen LogP contribution in [0.5, 0.6) is 0 Å². The van der Waals surface area contributed by atoms with Crippen molar-refractivity contribution in [3.63, 3.8) is 0 Å². The molecule has 0 saturated carbocycles. The summed E-state index contributed by atoms with van der Waals surface area (Å²) in [6, 6.07) is 32.0. The summed E-state index contributed by atoms with van der Waals surface area (Å²) in [5.74, 6) is 0.309. The predicted octanol–water partition coefficient (Wildman–Crippen LogP) is 4.86. The standard InChI is InChI=1S/C19H16.Fe/c1-4-10-16(11-5-1)19(17-12-6-2-7-13-17)18-14-8-3-9-15-18;/h1-15,19H;. The van der Waals surface area contributed by atoms with Crippen LogP contribution in [0.4, 0.5) is 0 Å². The van der Waals surface area contributed by atoms with E-state index in [0.717, 1.165) is 0 Å². The third-order valence-corrected chi connectivity index (χ3v) is 3.40. The maximum atomic E-state index is 2.20. The van der Waals surface area contributed by atoms with Gasteiger partial charge in [0, 0.05) is 23.0 Å². The van der Waals surface area contributed by atoms with Crippen LogP contribution in [-0.2, 0) is 17.1 Å². The second-order valence-electron chi connectivity index (χ2n) is 4.67. The Hall–Kier alpha value is -1.82. The monoisotopic (exact) mass is 300 g/mol. The molecular weight excluding hydrogens is 284 g/mol. The second-order valence-corrected chi connectivity index (χ2v) is 4.67. The summed E-state index contributed by atoms with van der Waals surface area (Å²) in [4.78, 5) is 0. The fourth-order valence-corrected chi connectivity index (χ4v) is 2.51. The summed E-state index contributed by atoms with van der Waals surface area (Å²) in [6.45, 7) is 0. The zero-order chi connectivity index (χ0) is 12.9. The molecule has 0 amide bonds. The van der Waals surface area contributed by atoms with Crippen molar-refractivity contribution in [3.8, 4) is 0 Å². The van der Waals surface area contributed by atoms with Gasteiger partial charge in [-0.25, -0.2) is 0 Å². The minimum absolute atomic E-state index is 0. The smallest absolute Gasteiger partial charge is 0.0339 e. The molecule has 0 aromatic heterocycles. The summed E-state index contributed by atoms with van der Waals surface area (Å²) in [5.41, 5.74) is 4.00. The van der Waals surface area contributed by atoms with Crippen LogP contribution in [0.2, 0.25) is 0 Å². The minimum atomic E-state index is 0. The van der Waals surface area contributed by atoms with Gasteiger partial charge < -0.3 is 0 Å². The van der Waals surface area contributed by atoms with Crippen LogP contribution in [0.3, 0.4) is 0 Å². The quantitative estimate of drug-likeness (QED) is 0.478. The van der Waals surface area contributed by atoms with Crippen molar-refractivity contribution in [1.29, 1.82) is 0 Å². The summed E-state index contributed by atoms with van der Waals surface area (Å²) in [6.07, 6.45) is 0. The first-order valence-corrected chi connectivity index (χ1v) is 6.60. The molecule has 0 aliphatic heterocycles. The van der Waals surface area contributed by atoms with Crippen LogP contribution < -0.4 is 0 Å². The maximum Gasteiger partial charge on any atom is 0.0339 e. The van der Waals surface area contributed by atoms with E-state index in [1.807, 2.05) is 0 Å². The van der Waals surface area contributed by atoms with Crippen molar-refractivity contribution in [1.82, 2.24) is 0 Å². The summed E-state index contributed by atoms with van der Waals surface area (Å²) < 4.78 is 0. The third-order valence-electron chi connectivity index (χ3n) is 3.40. The minimum Gasteiger partial charge on any atom is -0.0622 e. The van der Waals surface area contributed by atoms with E-state index in [1.165, 1.54) is 16.7 Å². The van der Waals surface area contributed by atoms with Crippen molar-refractivity contribution in [3.05, 3.63) is 108 Å². The van der Waals surface area contributed by atoms with E-state index >= 15 is 0 Å². The number of benzene rings is 3. The first-order valence-electron chi connectivity index (χ1n) is 6.60. The molecule has 0 atom stereocenters. The largest absolute Gasteiger partial charge is 0.0622 e. The van der Waals surface area contributed by atoms with Gasteiger partial charge in [-0.3, -0.25) is 0 Å². The molecule has 0 spiro atoms. The van der Waals surface area contributed by atoms with Crippen molar-refractivity contribution in [2.45, 2.75) is 5.92 Å². The van der Waals surface area contributed by atoms with Gasteiger partial charge in [-0.05, 0) is 16.7 Å². The normalized spacial score (nSPS) is 10.1. The number of hydrogen-bond donors (Lipinski definition) is 0. The van der Waals surface area contributed by atoms with E-state index < -0.39 is 0 Å². The van der Waals surface area contributed by atoms with Crippen LogP contribution in [0.15, 0.2) is 91.0 Å². The fourth-order valence-electron chi connectivity index (χ4n) is 2.51. The van der Waals surface area contributed by atoms with Crippen LogP contribution in [0.1, 0.15) is 22.6 Å². The van der Waals surface area contributed by atoms with Crippen LogP contribution in [0, 0.1) is 0 Å². The summed E-state index contributed by atoms with van der Waals surface area (Å²) in [5, 5.41) is 0. The average Bonchev–Trinajstić information content (AvgIpc) is 2.51. The van der Waals surface area contributed by atoms with E-state index in [1.54, 1.807) is 0 Å². The van der Waals surface area contributed by atoms with E-state index in [4.69, 9.17) is 0 Å². The second kappa shape index (κ2) is 7.09. The molecule has 0 saturated heterocycles. The SMILES string of the molecule is [Fe].c1ccc(C(c2ccccc2)c2ccccc2)cc1. The molecule has 3 rings (SSSR count). The molecule has 0 bridgehead atoms. The van der Waals surface area contributed by atoms with E-state index in [-0.39, 0.29) is 17.1 Å². The molecular formula is C19H16Fe. The third kappa shape index (κ3) is 3.19. The Kier molecular flexibility index (Phi) is 5.17. The summed E-state index contributed by atoms with van der Waals surface area (Å²) in [7, 11) is 0. The predicted molar refractivity (Wildman–Crippen MR) is 80.3 cm³/mol. The van der Waals surface area contributed by atoms with Crippen LogP contribution in [0.25, 0.3) is 0 Å². The van der Waals surface area contributed by atoms with Crippen molar-refractivity contribution in [2.75, 3.05) is 0 Å². The van der Waals surface area contributed by atoms with Crippen molar-refractivity contribution < 1.29 is 17.1 Å². The van der Waals surface area contributed by atoms with Gasteiger partial charge in [0.2, 0.25) is 0 Å². The van der Waals surface area contributed by atoms with Gasteiger partial charge in [-0.1, -0.05) is 91.0 Å². The Morgan fingerprint density at radius 1 is 0.400 bits per heavy atom. The van der Waals surface area contributed by atoms with Gasteiger partial charge in [-0.2, -0.15) is 0 Å². The molecule has 3 aromatic rings. The van der Waals surface area contributed by atoms with Gasteiger partial charge in [0.25, 0.3) is 0 Å². The zero-order valence-electron chi connectivity index (χ0n) is 11.1.